The molecule has 0 radical (unpaired) electrons. The minimum Gasteiger partial charge on any atom is -0.364 e. The van der Waals surface area contributed by atoms with Gasteiger partial charge in [-0.05, 0) is 37.6 Å². The number of carbonyl (C=O) groups excluding carboxylic acids is 1. The monoisotopic (exact) mass is 374 g/mol. The third-order valence-corrected chi connectivity index (χ3v) is 4.79. The summed E-state index contributed by atoms with van der Waals surface area (Å²) in [6, 6.07) is 11.6. The first-order valence-corrected chi connectivity index (χ1v) is 9.33. The molecule has 0 unspecified atom stereocenters. The van der Waals surface area contributed by atoms with Crippen molar-refractivity contribution < 1.29 is 4.79 Å². The Morgan fingerprint density at radius 3 is 2.79 bits per heavy atom. The predicted octanol–water partition coefficient (Wildman–Crippen LogP) is 2.76. The lowest BCUT2D eigenvalue weighted by Gasteiger charge is -2.28. The number of fused-ring (bicyclic) bond motifs is 1. The van der Waals surface area contributed by atoms with E-state index in [2.05, 4.69) is 15.3 Å². The second kappa shape index (κ2) is 7.72. The largest absolute Gasteiger partial charge is 0.364 e. The van der Waals surface area contributed by atoms with Crippen molar-refractivity contribution in [3.8, 4) is 11.5 Å². The minimum absolute atomic E-state index is 0.0575. The summed E-state index contributed by atoms with van der Waals surface area (Å²) in [4.78, 5) is 32.0. The number of rotatable bonds is 4. The zero-order chi connectivity index (χ0) is 19.5. The number of amides is 1. The molecule has 1 amide bonds. The van der Waals surface area contributed by atoms with Crippen LogP contribution in [0, 0.1) is 6.92 Å². The number of hydrogen-bond donors (Lipinski definition) is 1. The fourth-order valence-electron chi connectivity index (χ4n) is 3.33. The van der Waals surface area contributed by atoms with Gasteiger partial charge < -0.3 is 10.2 Å². The summed E-state index contributed by atoms with van der Waals surface area (Å²) in [5.41, 5.74) is 4.58. The molecule has 4 heterocycles. The number of aromatic nitrogens is 4. The van der Waals surface area contributed by atoms with E-state index in [0.29, 0.717) is 31.2 Å². The van der Waals surface area contributed by atoms with Gasteiger partial charge in [-0.15, -0.1) is 0 Å². The van der Waals surface area contributed by atoms with Crippen molar-refractivity contribution in [1.29, 1.82) is 0 Å². The van der Waals surface area contributed by atoms with Crippen molar-refractivity contribution in [2.45, 2.75) is 33.4 Å². The van der Waals surface area contributed by atoms with Crippen LogP contribution in [-0.2, 0) is 24.3 Å². The van der Waals surface area contributed by atoms with Crippen molar-refractivity contribution in [3.05, 3.63) is 65.2 Å². The van der Waals surface area contributed by atoms with E-state index in [-0.39, 0.29) is 5.91 Å². The topological polar surface area (TPSA) is 83.9 Å². The predicted molar refractivity (Wildman–Crippen MR) is 106 cm³/mol. The third-order valence-electron chi connectivity index (χ3n) is 4.79. The van der Waals surface area contributed by atoms with Crippen molar-refractivity contribution >= 4 is 11.7 Å². The van der Waals surface area contributed by atoms with Crippen LogP contribution in [0.3, 0.4) is 0 Å². The molecule has 7 nitrogen and oxygen atoms in total. The average molecular weight is 374 g/mol. The molecule has 142 valence electrons. The van der Waals surface area contributed by atoms with Gasteiger partial charge in [0.15, 0.2) is 5.82 Å². The van der Waals surface area contributed by atoms with Gasteiger partial charge in [-0.3, -0.25) is 14.8 Å². The molecule has 0 saturated heterocycles. The van der Waals surface area contributed by atoms with Gasteiger partial charge in [0.2, 0.25) is 5.91 Å². The van der Waals surface area contributed by atoms with E-state index in [1.165, 1.54) is 0 Å². The van der Waals surface area contributed by atoms with Gasteiger partial charge in [0.05, 0.1) is 24.5 Å². The molecule has 0 saturated carbocycles. The Labute approximate surface area is 163 Å². The first kappa shape index (κ1) is 18.0. The van der Waals surface area contributed by atoms with Crippen molar-refractivity contribution in [2.24, 2.45) is 0 Å². The number of anilines is 1. The molecule has 0 fully saturated rings. The van der Waals surface area contributed by atoms with Crippen LogP contribution in [-0.4, -0.2) is 37.3 Å². The Morgan fingerprint density at radius 2 is 2.04 bits per heavy atom. The zero-order valence-corrected chi connectivity index (χ0v) is 16.0. The summed E-state index contributed by atoms with van der Waals surface area (Å²) in [5.74, 6) is 1.41. The van der Waals surface area contributed by atoms with Gasteiger partial charge >= 0.3 is 0 Å². The number of nitrogens with zero attached hydrogens (tertiary/aromatic N) is 5. The van der Waals surface area contributed by atoms with E-state index in [1.54, 1.807) is 13.1 Å². The normalized spacial score (nSPS) is 13.1. The molecule has 3 aromatic heterocycles. The summed E-state index contributed by atoms with van der Waals surface area (Å²) >= 11 is 0. The lowest BCUT2D eigenvalue weighted by Crippen LogP contribution is -2.35. The lowest BCUT2D eigenvalue weighted by atomic mass is 10.0. The van der Waals surface area contributed by atoms with Gasteiger partial charge in [-0.1, -0.05) is 12.1 Å². The third kappa shape index (κ3) is 3.83. The summed E-state index contributed by atoms with van der Waals surface area (Å²) in [6.45, 7) is 5.31. The molecule has 1 aliphatic heterocycles. The van der Waals surface area contributed by atoms with Crippen molar-refractivity contribution in [3.63, 3.8) is 0 Å². The molecule has 1 aliphatic rings. The molecule has 0 spiro atoms. The highest BCUT2D eigenvalue weighted by Crippen LogP contribution is 2.27. The van der Waals surface area contributed by atoms with Crippen molar-refractivity contribution in [2.75, 3.05) is 11.9 Å². The number of nitrogens with one attached hydrogen (secondary N) is 1. The summed E-state index contributed by atoms with van der Waals surface area (Å²) in [5, 5.41) is 3.43. The second-order valence-electron chi connectivity index (χ2n) is 6.85. The van der Waals surface area contributed by atoms with E-state index in [4.69, 9.17) is 9.97 Å². The molecular formula is C21H22N6O. The smallest absolute Gasteiger partial charge is 0.219 e. The summed E-state index contributed by atoms with van der Waals surface area (Å²) in [6.07, 6.45) is 2.45. The fourth-order valence-corrected chi connectivity index (χ4v) is 3.33. The van der Waals surface area contributed by atoms with Crippen LogP contribution < -0.4 is 5.32 Å². The van der Waals surface area contributed by atoms with Crippen LogP contribution in [0.4, 0.5) is 5.82 Å². The van der Waals surface area contributed by atoms with Crippen LogP contribution in [0.15, 0.2) is 42.6 Å². The van der Waals surface area contributed by atoms with Crippen LogP contribution in [0.1, 0.15) is 29.6 Å². The Kier molecular flexibility index (Phi) is 4.97. The quantitative estimate of drug-likeness (QED) is 0.756. The Morgan fingerprint density at radius 1 is 1.14 bits per heavy atom. The van der Waals surface area contributed by atoms with Crippen molar-refractivity contribution in [1.82, 2.24) is 24.8 Å². The Hall–Kier alpha value is -3.35. The van der Waals surface area contributed by atoms with Crippen LogP contribution in [0.2, 0.25) is 0 Å². The van der Waals surface area contributed by atoms with Crippen LogP contribution in [0.5, 0.6) is 0 Å². The van der Waals surface area contributed by atoms with Gasteiger partial charge in [0, 0.05) is 30.9 Å². The van der Waals surface area contributed by atoms with Gasteiger partial charge in [0.25, 0.3) is 0 Å². The second-order valence-corrected chi connectivity index (χ2v) is 6.85. The molecule has 0 aliphatic carbocycles. The molecule has 0 bridgehead atoms. The van der Waals surface area contributed by atoms with E-state index >= 15 is 0 Å². The summed E-state index contributed by atoms with van der Waals surface area (Å²) in [7, 11) is 0. The maximum atomic E-state index is 11.8. The zero-order valence-electron chi connectivity index (χ0n) is 16.0. The molecule has 0 atom stereocenters. The molecule has 0 aromatic carbocycles. The van der Waals surface area contributed by atoms with E-state index < -0.39 is 0 Å². The van der Waals surface area contributed by atoms with Gasteiger partial charge in [-0.2, -0.15) is 0 Å². The Balaban J connectivity index is 1.69. The SMILES string of the molecule is CC(=O)N1CCc2c(nc(-c3ccccn3)nc2NCc2cccc(C)n2)C1. The number of carbonyl (C=O) groups is 1. The molecule has 7 heteroatoms. The first-order chi connectivity index (χ1) is 13.6. The van der Waals surface area contributed by atoms with Crippen LogP contribution >= 0.6 is 0 Å². The molecule has 4 rings (SSSR count). The highest BCUT2D eigenvalue weighted by Gasteiger charge is 2.24. The average Bonchev–Trinajstić information content (AvgIpc) is 2.72. The highest BCUT2D eigenvalue weighted by molar-refractivity contribution is 5.74. The maximum absolute atomic E-state index is 11.8. The highest BCUT2D eigenvalue weighted by atomic mass is 16.2. The number of aryl methyl sites for hydroxylation is 1. The standard InChI is InChI=1S/C21H22N6O/c1-14-6-5-7-16(24-14)12-23-20-17-9-11-27(15(2)28)13-19(17)25-21(26-20)18-8-3-4-10-22-18/h3-8,10H,9,11-13H2,1-2H3,(H,23,25,26). The van der Waals surface area contributed by atoms with Gasteiger partial charge in [0.1, 0.15) is 11.5 Å². The first-order valence-electron chi connectivity index (χ1n) is 9.33. The maximum Gasteiger partial charge on any atom is 0.219 e. The van der Waals surface area contributed by atoms with E-state index in [0.717, 1.165) is 34.9 Å². The number of hydrogen-bond acceptors (Lipinski definition) is 6. The molecule has 28 heavy (non-hydrogen) atoms. The molecule has 3 aromatic rings. The molecule has 1 N–H and O–H groups in total. The van der Waals surface area contributed by atoms with E-state index in [9.17, 15) is 4.79 Å². The molecular weight excluding hydrogens is 352 g/mol. The minimum atomic E-state index is 0.0575. The van der Waals surface area contributed by atoms with E-state index in [1.807, 2.05) is 48.2 Å². The summed E-state index contributed by atoms with van der Waals surface area (Å²) < 4.78 is 0. The fraction of sp³-hybridized carbons (Fsp3) is 0.286. The lowest BCUT2D eigenvalue weighted by molar-refractivity contribution is -0.129. The number of pyridine rings is 2. The van der Waals surface area contributed by atoms with Gasteiger partial charge in [-0.25, -0.2) is 9.97 Å². The van der Waals surface area contributed by atoms with Crippen LogP contribution in [0.25, 0.3) is 11.5 Å². The Bertz CT molecular complexity index is 1010.